The maximum absolute atomic E-state index is 5.98. The minimum absolute atomic E-state index is 0.636. The minimum atomic E-state index is -1.49. The number of hydrogen-bond donors (Lipinski definition) is 0. The van der Waals surface area contributed by atoms with Crippen LogP contribution in [-0.4, -0.2) is 28.4 Å². The molecule has 0 fully saturated rings. The normalized spacial score (nSPS) is 13.2. The predicted octanol–water partition coefficient (Wildman–Crippen LogP) is 4.25. The van der Waals surface area contributed by atoms with Crippen molar-refractivity contribution in [2.24, 2.45) is 0 Å². The van der Waals surface area contributed by atoms with E-state index in [1.165, 1.54) is 19.3 Å². The zero-order valence-corrected chi connectivity index (χ0v) is 13.6. The molecule has 2 nitrogen and oxygen atoms in total. The van der Waals surface area contributed by atoms with Gasteiger partial charge in [0.1, 0.15) is 0 Å². The lowest BCUT2D eigenvalue weighted by Gasteiger charge is -2.25. The summed E-state index contributed by atoms with van der Waals surface area (Å²) in [7, 11) is -1.49. The summed E-state index contributed by atoms with van der Waals surface area (Å²) in [6, 6.07) is 0. The maximum atomic E-state index is 5.98. The first-order valence-electron chi connectivity index (χ1n) is 7.09. The number of alkyl halides is 1. The molecule has 0 amide bonds. The number of halogens is 1. The monoisotopic (exact) mass is 280 g/mol. The SMILES string of the molecule is CCCO[SiH](OCCC)C(CCC)CCCCl. The Bertz CT molecular complexity index is 150. The van der Waals surface area contributed by atoms with Crippen molar-refractivity contribution in [1.82, 2.24) is 0 Å². The summed E-state index contributed by atoms with van der Waals surface area (Å²) in [5.74, 6) is 0.753. The molecule has 0 aliphatic rings. The molecule has 1 atom stereocenters. The number of rotatable bonds is 12. The highest BCUT2D eigenvalue weighted by Gasteiger charge is 2.24. The Morgan fingerprint density at radius 3 is 1.94 bits per heavy atom. The summed E-state index contributed by atoms with van der Waals surface area (Å²) in [6.45, 7) is 8.24. The van der Waals surface area contributed by atoms with Gasteiger partial charge in [-0.2, -0.15) is 0 Å². The third-order valence-corrected chi connectivity index (χ3v) is 5.56. The topological polar surface area (TPSA) is 18.5 Å². The molecule has 4 heteroatoms. The van der Waals surface area contributed by atoms with Crippen molar-refractivity contribution < 1.29 is 8.85 Å². The van der Waals surface area contributed by atoms with E-state index >= 15 is 0 Å². The van der Waals surface area contributed by atoms with Crippen LogP contribution in [0.15, 0.2) is 0 Å². The van der Waals surface area contributed by atoms with E-state index in [9.17, 15) is 0 Å². The average molecular weight is 281 g/mol. The molecule has 0 aliphatic heterocycles. The van der Waals surface area contributed by atoms with Crippen LogP contribution in [0.5, 0.6) is 0 Å². The lowest BCUT2D eigenvalue weighted by Crippen LogP contribution is -2.30. The van der Waals surface area contributed by atoms with Gasteiger partial charge in [-0.1, -0.05) is 27.2 Å². The molecule has 0 N–H and O–H groups in total. The summed E-state index contributed by atoms with van der Waals surface area (Å²) < 4.78 is 12.0. The summed E-state index contributed by atoms with van der Waals surface area (Å²) >= 11 is 5.79. The van der Waals surface area contributed by atoms with Gasteiger partial charge in [0.25, 0.3) is 0 Å². The third kappa shape index (κ3) is 9.06. The molecule has 0 aromatic heterocycles. The second kappa shape index (κ2) is 12.9. The van der Waals surface area contributed by atoms with Gasteiger partial charge in [0.15, 0.2) is 0 Å². The van der Waals surface area contributed by atoms with Crippen LogP contribution in [0.3, 0.4) is 0 Å². The van der Waals surface area contributed by atoms with Crippen molar-refractivity contribution in [2.75, 3.05) is 19.1 Å². The van der Waals surface area contributed by atoms with Gasteiger partial charge in [-0.25, -0.2) is 0 Å². The average Bonchev–Trinajstić information content (AvgIpc) is 2.35. The van der Waals surface area contributed by atoms with Crippen LogP contribution in [-0.2, 0) is 8.85 Å². The molecular formula is C13H29ClO2Si. The summed E-state index contributed by atoms with van der Waals surface area (Å²) in [6.07, 6.45) is 6.84. The number of hydrogen-bond acceptors (Lipinski definition) is 2. The minimum Gasteiger partial charge on any atom is -0.396 e. The zero-order chi connectivity index (χ0) is 12.9. The Balaban J connectivity index is 4.20. The van der Waals surface area contributed by atoms with Crippen LogP contribution in [0.2, 0.25) is 5.54 Å². The second-order valence-electron chi connectivity index (χ2n) is 4.49. The molecule has 0 spiro atoms. The smallest absolute Gasteiger partial charge is 0.324 e. The van der Waals surface area contributed by atoms with Crippen molar-refractivity contribution in [2.45, 2.75) is 64.8 Å². The molecule has 0 aromatic carbocycles. The predicted molar refractivity (Wildman–Crippen MR) is 78.2 cm³/mol. The van der Waals surface area contributed by atoms with Crippen LogP contribution < -0.4 is 0 Å². The fourth-order valence-electron chi connectivity index (χ4n) is 1.91. The lowest BCUT2D eigenvalue weighted by molar-refractivity contribution is 0.184. The van der Waals surface area contributed by atoms with Crippen LogP contribution in [0.4, 0.5) is 0 Å². The summed E-state index contributed by atoms with van der Waals surface area (Å²) in [5, 5.41) is 0. The quantitative estimate of drug-likeness (QED) is 0.393. The molecule has 0 heterocycles. The molecule has 0 aromatic rings. The first kappa shape index (κ1) is 17.4. The Morgan fingerprint density at radius 1 is 0.941 bits per heavy atom. The van der Waals surface area contributed by atoms with Gasteiger partial charge in [-0.05, 0) is 37.6 Å². The van der Waals surface area contributed by atoms with Gasteiger partial charge >= 0.3 is 9.28 Å². The van der Waals surface area contributed by atoms with Crippen LogP contribution in [0, 0.1) is 0 Å². The molecule has 0 aliphatic carbocycles. The van der Waals surface area contributed by atoms with Crippen LogP contribution >= 0.6 is 11.6 Å². The van der Waals surface area contributed by atoms with Crippen LogP contribution in [0.25, 0.3) is 0 Å². The Morgan fingerprint density at radius 2 is 1.53 bits per heavy atom. The highest BCUT2D eigenvalue weighted by Crippen LogP contribution is 2.25. The lowest BCUT2D eigenvalue weighted by atomic mass is 10.1. The van der Waals surface area contributed by atoms with Gasteiger partial charge in [0.05, 0.1) is 0 Å². The van der Waals surface area contributed by atoms with Gasteiger partial charge in [0, 0.05) is 19.1 Å². The molecule has 0 saturated carbocycles. The molecule has 0 bridgehead atoms. The molecule has 17 heavy (non-hydrogen) atoms. The highest BCUT2D eigenvalue weighted by molar-refractivity contribution is 6.46. The molecule has 0 rings (SSSR count). The van der Waals surface area contributed by atoms with Crippen molar-refractivity contribution in [3.63, 3.8) is 0 Å². The van der Waals surface area contributed by atoms with E-state index in [4.69, 9.17) is 20.5 Å². The van der Waals surface area contributed by atoms with E-state index in [0.717, 1.165) is 38.4 Å². The highest BCUT2D eigenvalue weighted by atomic mass is 35.5. The van der Waals surface area contributed by atoms with Gasteiger partial charge in [0.2, 0.25) is 0 Å². The third-order valence-electron chi connectivity index (χ3n) is 2.73. The van der Waals surface area contributed by atoms with E-state index in [2.05, 4.69) is 20.8 Å². The van der Waals surface area contributed by atoms with Crippen molar-refractivity contribution >= 4 is 20.9 Å². The van der Waals surface area contributed by atoms with E-state index in [1.54, 1.807) is 0 Å². The van der Waals surface area contributed by atoms with E-state index in [1.807, 2.05) is 0 Å². The van der Waals surface area contributed by atoms with Crippen molar-refractivity contribution in [3.05, 3.63) is 0 Å². The Hall–Kier alpha value is 0.427. The fourth-order valence-corrected chi connectivity index (χ4v) is 4.76. The van der Waals surface area contributed by atoms with Gasteiger partial charge in [-0.3, -0.25) is 0 Å². The van der Waals surface area contributed by atoms with E-state index in [0.29, 0.717) is 5.54 Å². The van der Waals surface area contributed by atoms with Gasteiger partial charge < -0.3 is 8.85 Å². The van der Waals surface area contributed by atoms with Crippen LogP contribution in [0.1, 0.15) is 59.3 Å². The second-order valence-corrected chi connectivity index (χ2v) is 7.21. The first-order valence-corrected chi connectivity index (χ1v) is 9.23. The molecule has 1 unspecified atom stereocenters. The summed E-state index contributed by atoms with van der Waals surface area (Å²) in [5.41, 5.74) is 0.636. The van der Waals surface area contributed by atoms with Gasteiger partial charge in [-0.15, -0.1) is 11.6 Å². The van der Waals surface area contributed by atoms with Crippen molar-refractivity contribution in [3.8, 4) is 0 Å². The maximum Gasteiger partial charge on any atom is 0.324 e. The Labute approximate surface area is 114 Å². The Kier molecular flexibility index (Phi) is 13.2. The van der Waals surface area contributed by atoms with E-state index < -0.39 is 9.28 Å². The van der Waals surface area contributed by atoms with E-state index in [-0.39, 0.29) is 0 Å². The van der Waals surface area contributed by atoms with Crippen molar-refractivity contribution in [1.29, 1.82) is 0 Å². The molecule has 104 valence electrons. The molecule has 0 saturated heterocycles. The zero-order valence-electron chi connectivity index (χ0n) is 11.7. The first-order chi connectivity index (χ1) is 8.29. The molecular weight excluding hydrogens is 252 g/mol. The fraction of sp³-hybridized carbons (Fsp3) is 1.00. The standard InChI is InChI=1S/C13H29ClO2Si/c1-4-8-13(9-7-10-14)17(15-11-5-2)16-12-6-3/h13,17H,4-12H2,1-3H3. The largest absolute Gasteiger partial charge is 0.396 e. The molecule has 0 radical (unpaired) electrons. The summed E-state index contributed by atoms with van der Waals surface area (Å²) in [4.78, 5) is 0.